The van der Waals surface area contributed by atoms with Crippen molar-refractivity contribution in [2.75, 3.05) is 26.4 Å². The number of rotatable bonds is 22. The van der Waals surface area contributed by atoms with E-state index in [1.807, 2.05) is 40.7 Å². The molecule has 5 aliphatic rings. The van der Waals surface area contributed by atoms with Gasteiger partial charge >= 0.3 is 0 Å². The van der Waals surface area contributed by atoms with Crippen LogP contribution in [-0.4, -0.2) is 279 Å². The normalized spacial score (nSPS) is 30.2. The van der Waals surface area contributed by atoms with Crippen LogP contribution in [0.3, 0.4) is 0 Å². The molecule has 15 N–H and O–H groups in total. The molecule has 5 aliphatic heterocycles. The number of aromatic nitrogens is 9. The van der Waals surface area contributed by atoms with Crippen molar-refractivity contribution in [3.63, 3.8) is 0 Å². The number of aliphatic hydroxyl groups excluding tert-OH is 14. The Kier molecular flexibility index (Phi) is 34.8. The summed E-state index contributed by atoms with van der Waals surface area (Å²) in [6, 6.07) is 30.3. The molecule has 10 unspecified atom stereocenters. The minimum atomic E-state index is -1.61. The molecule has 40 heteroatoms. The Hall–Kier alpha value is -7.89. The van der Waals surface area contributed by atoms with E-state index in [4.69, 9.17) is 35.3 Å². The zero-order valence-electron chi connectivity index (χ0n) is 65.8. The standard InChI is InChI=1S/C29H32F2N6O7S.C27H33NO10S.C21H19ClF3N3O4S.2C2H6/c1-2-20-24(39)22(36-11-18(32-34-36)14-5-3-7-16(30)9-14)26(41)28(43-20)45-29-27(42)23(25(40)21(13-38)44-29)37-12-19(33-35-37)15-6-4-8-17(31)10-15;29-12-18-21(32)16(11-17(31)14-7-3-1-4-8-14)22(33)26(37-18)39-27-24(35)20(23(34)19(13-30)38-27)28-25(36)15-9-5-2-6-10-15;1-9-4-11(2-3-12(9)22)33-21-20(31)18(19(30)16(8-29)32-21)28-7-15(26-27-28)10-5-13(23)17(25)14(24)6-10;2*1-2/h3-12,20-29,38-42H,2,13H2,1H3;1-10,16,18-24,26-27,29-30,32-35H,11-13H2,(H,28,36);2-7,16,18-21,29-31H,8H2,1H3;2*1-2H3/t20-,21?,22?,23+,24?,25+,26-,27?,28+,29+;16-,18?,19+,20?,21+,22?,23?,24+,26-,27-;16?,18-,19-,20?,21+;;/m100../s1. The molecule has 25 atom stereocenters. The fraction of sp³-hybridized carbons (Fsp3) is 0.457. The van der Waals surface area contributed by atoms with Crippen LogP contribution in [0.15, 0.2) is 163 Å². The highest BCUT2D eigenvalue weighted by Crippen LogP contribution is 2.45. The van der Waals surface area contributed by atoms with Crippen LogP contribution in [0.25, 0.3) is 33.8 Å². The highest BCUT2D eigenvalue weighted by molar-refractivity contribution is 8.00. The molecule has 3 aromatic heterocycles. The largest absolute Gasteiger partial charge is 0.394 e. The van der Waals surface area contributed by atoms with Crippen molar-refractivity contribution in [1.29, 1.82) is 0 Å². The predicted molar refractivity (Wildman–Crippen MR) is 432 cm³/mol. The van der Waals surface area contributed by atoms with Crippen LogP contribution < -0.4 is 5.32 Å². The molecule has 5 fully saturated rings. The van der Waals surface area contributed by atoms with Crippen LogP contribution in [0.2, 0.25) is 5.02 Å². The highest BCUT2D eigenvalue weighted by atomic mass is 35.5. The summed E-state index contributed by atoms with van der Waals surface area (Å²) in [5.74, 6) is -7.19. The topological polar surface area (TPSA) is 468 Å². The molecule has 8 heterocycles. The third-order valence-electron chi connectivity index (χ3n) is 20.4. The number of benzene rings is 6. The average Bonchev–Trinajstić information content (AvgIpc) is 1.76. The van der Waals surface area contributed by atoms with E-state index in [1.165, 1.54) is 76.1 Å². The molecule has 9 aromatic rings. The maximum Gasteiger partial charge on any atom is 0.251 e. The van der Waals surface area contributed by atoms with Gasteiger partial charge in [-0.25, -0.2) is 36.0 Å². The molecule has 14 rings (SSSR count). The fourth-order valence-electron chi connectivity index (χ4n) is 14.1. The smallest absolute Gasteiger partial charge is 0.251 e. The van der Waals surface area contributed by atoms with Gasteiger partial charge in [-0.3, -0.25) is 9.59 Å². The summed E-state index contributed by atoms with van der Waals surface area (Å²) in [6.45, 7) is 9.28. The molecule has 0 radical (unpaired) electrons. The second-order valence-corrected chi connectivity index (χ2v) is 32.1. The van der Waals surface area contributed by atoms with E-state index in [1.54, 1.807) is 91.9 Å². The molecular weight excluding hydrogens is 1680 g/mol. The maximum absolute atomic E-state index is 13.8. The van der Waals surface area contributed by atoms with Crippen molar-refractivity contribution in [3.8, 4) is 33.8 Å². The van der Waals surface area contributed by atoms with Gasteiger partial charge in [-0.1, -0.05) is 170 Å². The van der Waals surface area contributed by atoms with Gasteiger partial charge in [0.05, 0.1) is 69.4 Å². The van der Waals surface area contributed by atoms with Gasteiger partial charge in [0.15, 0.2) is 23.2 Å². The molecule has 1 amide bonds. The molecular formula is C81H96ClF5N10O21S3. The lowest BCUT2D eigenvalue weighted by atomic mass is 9.84. The summed E-state index contributed by atoms with van der Waals surface area (Å²) in [5.41, 5.74) is -2.53. The van der Waals surface area contributed by atoms with Crippen molar-refractivity contribution < 1.29 is 127 Å². The number of amides is 1. The molecule has 121 heavy (non-hydrogen) atoms. The highest BCUT2D eigenvalue weighted by Gasteiger charge is 2.54. The van der Waals surface area contributed by atoms with Crippen LogP contribution in [-0.2, 0) is 23.7 Å². The van der Waals surface area contributed by atoms with Crippen molar-refractivity contribution in [2.45, 2.75) is 202 Å². The molecule has 6 aromatic carbocycles. The number of halogens is 6. The first kappa shape index (κ1) is 95.3. The first-order valence-electron chi connectivity index (χ1n) is 38.7. The Morgan fingerprint density at radius 1 is 0.446 bits per heavy atom. The Morgan fingerprint density at radius 3 is 1.29 bits per heavy atom. The molecule has 5 saturated heterocycles. The molecule has 0 aliphatic carbocycles. The lowest BCUT2D eigenvalue weighted by Crippen LogP contribution is -2.64. The van der Waals surface area contributed by atoms with Gasteiger partial charge < -0.3 is 100 Å². The Balaban J connectivity index is 0.000000189. The zero-order valence-corrected chi connectivity index (χ0v) is 69.0. The van der Waals surface area contributed by atoms with Crippen LogP contribution in [0.5, 0.6) is 0 Å². The summed E-state index contributed by atoms with van der Waals surface area (Å²) in [4.78, 5) is 26.3. The number of thioether (sulfide) groups is 3. The van der Waals surface area contributed by atoms with Crippen molar-refractivity contribution in [3.05, 3.63) is 209 Å². The van der Waals surface area contributed by atoms with Gasteiger partial charge in [-0.2, -0.15) is 0 Å². The predicted octanol–water partition coefficient (Wildman–Crippen LogP) is 5.73. The number of hydrogen-bond acceptors (Lipinski definition) is 30. The van der Waals surface area contributed by atoms with Crippen molar-refractivity contribution >= 4 is 58.6 Å². The number of aryl methyl sites for hydroxylation is 1. The fourth-order valence-corrected chi connectivity index (χ4v) is 18.0. The lowest BCUT2D eigenvalue weighted by Gasteiger charge is -2.46. The second kappa shape index (κ2) is 44.1. The van der Waals surface area contributed by atoms with Gasteiger partial charge in [-0.15, -0.1) is 15.3 Å². The van der Waals surface area contributed by atoms with E-state index in [-0.39, 0.29) is 23.5 Å². The average molecular weight is 1770 g/mol. The third-order valence-corrected chi connectivity index (χ3v) is 24.6. The van der Waals surface area contributed by atoms with Crippen LogP contribution in [0.1, 0.15) is 91.9 Å². The number of aliphatic hydroxyl groups is 14. The third kappa shape index (κ3) is 22.4. The maximum atomic E-state index is 13.8. The molecule has 31 nitrogen and oxygen atoms in total. The second-order valence-electron chi connectivity index (χ2n) is 28.1. The van der Waals surface area contributed by atoms with Gasteiger partial charge in [0.25, 0.3) is 5.91 Å². The Bertz CT molecular complexity index is 4580. The van der Waals surface area contributed by atoms with Gasteiger partial charge in [0.2, 0.25) is 0 Å². The van der Waals surface area contributed by atoms with Gasteiger partial charge in [0, 0.05) is 50.1 Å². The summed E-state index contributed by atoms with van der Waals surface area (Å²) >= 11 is 8.94. The zero-order chi connectivity index (χ0) is 87.8. The molecule has 0 spiro atoms. The number of carbonyl (C=O) groups is 2. The molecule has 0 bridgehead atoms. The Labute approximate surface area is 709 Å². The number of nitrogens with one attached hydrogen (secondary N) is 1. The monoisotopic (exact) mass is 1770 g/mol. The van der Waals surface area contributed by atoms with Gasteiger partial charge in [-0.05, 0) is 85.6 Å². The minimum absolute atomic E-state index is 0.00299. The summed E-state index contributed by atoms with van der Waals surface area (Å²) in [7, 11) is 0. The van der Waals surface area contributed by atoms with Gasteiger partial charge in [0.1, 0.15) is 147 Å². The minimum Gasteiger partial charge on any atom is -0.394 e. The van der Waals surface area contributed by atoms with E-state index in [2.05, 4.69) is 36.3 Å². The summed E-state index contributed by atoms with van der Waals surface area (Å²) < 4.78 is 101. The number of ether oxygens (including phenoxy) is 5. The number of ketones is 1. The SMILES string of the molecule is CC.CC.CC[C@H]1O[C@@H](S[C@@H]2OC(CO)[C@H](O)[C@H](n3cc(-c4cccc(F)c4)nn3)C2O)[C@H](O)C(n2cc(-c3cccc(F)c3)nn2)C1O.Cc1cc(S[C@H]2OC(CO)[C@H](O)[C@H](n3cc(-c4cc(F)c(F)c(F)c4)nn3)C2O)ccc1Cl.O=C(C[C@@H]1C(O)[C@H](S[C@@H]2O[C@H](CO)C(O)C(NC(=O)c3ccccc3)[C@H]2O)OC(CO)[C@@H]1O)c1ccccc1. The van der Waals surface area contributed by atoms with E-state index in [0.29, 0.717) is 45.1 Å². The van der Waals surface area contributed by atoms with E-state index in [9.17, 15) is 103 Å². The molecule has 0 saturated carbocycles. The van der Waals surface area contributed by atoms with Crippen molar-refractivity contribution in [2.24, 2.45) is 5.92 Å². The number of Topliss-reactive ketones (excluding diaryl/α,β-unsaturated/α-hetero) is 1. The van der Waals surface area contributed by atoms with Crippen LogP contribution >= 0.6 is 46.9 Å². The lowest BCUT2D eigenvalue weighted by molar-refractivity contribution is -0.186. The first-order valence-corrected chi connectivity index (χ1v) is 41.9. The molecule has 656 valence electrons. The van der Waals surface area contributed by atoms with E-state index in [0.717, 1.165) is 50.8 Å². The number of hydrogen-bond donors (Lipinski definition) is 15. The summed E-state index contributed by atoms with van der Waals surface area (Å²) in [6.07, 6.45) is -14.7. The Morgan fingerprint density at radius 2 is 0.843 bits per heavy atom. The van der Waals surface area contributed by atoms with E-state index < -0.39 is 210 Å². The quantitative estimate of drug-likeness (QED) is 0.0219. The number of carbonyl (C=O) groups excluding carboxylic acids is 2. The van der Waals surface area contributed by atoms with Crippen LogP contribution in [0, 0.1) is 41.9 Å². The van der Waals surface area contributed by atoms with Crippen molar-refractivity contribution in [1.82, 2.24) is 50.3 Å². The van der Waals surface area contributed by atoms with Crippen LogP contribution in [0.4, 0.5) is 22.0 Å². The first-order chi connectivity index (χ1) is 58.1. The number of nitrogens with zero attached hydrogens (tertiary/aromatic N) is 9. The van der Waals surface area contributed by atoms with E-state index >= 15 is 0 Å². The summed E-state index contributed by atoms with van der Waals surface area (Å²) in [5, 5.41) is 177.